The molecule has 0 radical (unpaired) electrons. The van der Waals surface area contributed by atoms with E-state index < -0.39 is 0 Å². The summed E-state index contributed by atoms with van der Waals surface area (Å²) in [6.07, 6.45) is 1.73. The summed E-state index contributed by atoms with van der Waals surface area (Å²) in [5, 5.41) is 13.3. The topological polar surface area (TPSA) is 58.6 Å². The molecule has 0 atom stereocenters. The van der Waals surface area contributed by atoms with Crippen molar-refractivity contribution in [2.45, 2.75) is 52.4 Å². The number of phenolic OH excluding ortho intramolecular Hbond substituents is 1. The zero-order valence-electron chi connectivity index (χ0n) is 14.2. The van der Waals surface area contributed by atoms with Crippen molar-refractivity contribution >= 4 is 12.0 Å². The molecule has 0 saturated carbocycles. The van der Waals surface area contributed by atoms with E-state index >= 15 is 0 Å². The van der Waals surface area contributed by atoms with Crippen molar-refractivity contribution in [3.8, 4) is 5.75 Å². The first-order valence-corrected chi connectivity index (χ1v) is 7.51. The van der Waals surface area contributed by atoms with Gasteiger partial charge in [0.05, 0.1) is 0 Å². The standard InChI is InChI=1S/C18H25NO3/c1-17(2,3)12-7-11(9-14-16(21)19-10-22-14)8-13(15(12)20)18(4,5)6/h7-9,20H,10H2,1-6H3,(H,19,21). The highest BCUT2D eigenvalue weighted by Crippen LogP contribution is 2.40. The van der Waals surface area contributed by atoms with Crippen LogP contribution in [0.2, 0.25) is 0 Å². The Bertz CT molecular complexity index is 596. The lowest BCUT2D eigenvalue weighted by Crippen LogP contribution is -2.17. The molecule has 1 aromatic rings. The van der Waals surface area contributed by atoms with Gasteiger partial charge in [0.25, 0.3) is 5.91 Å². The van der Waals surface area contributed by atoms with Gasteiger partial charge >= 0.3 is 0 Å². The number of aromatic hydroxyl groups is 1. The second-order valence-corrected chi connectivity index (χ2v) is 7.77. The van der Waals surface area contributed by atoms with Gasteiger partial charge in [-0.15, -0.1) is 0 Å². The molecule has 2 rings (SSSR count). The van der Waals surface area contributed by atoms with Crippen LogP contribution in [0, 0.1) is 0 Å². The zero-order chi connectivity index (χ0) is 16.7. The largest absolute Gasteiger partial charge is 0.507 e. The average molecular weight is 303 g/mol. The van der Waals surface area contributed by atoms with Crippen LogP contribution < -0.4 is 5.32 Å². The highest BCUT2D eigenvalue weighted by Gasteiger charge is 2.27. The number of carbonyl (C=O) groups is 1. The lowest BCUT2D eigenvalue weighted by Gasteiger charge is -2.27. The highest BCUT2D eigenvalue weighted by atomic mass is 16.5. The van der Waals surface area contributed by atoms with Crippen LogP contribution in [0.1, 0.15) is 58.2 Å². The number of carbonyl (C=O) groups excluding carboxylic acids is 1. The van der Waals surface area contributed by atoms with Crippen molar-refractivity contribution in [2.24, 2.45) is 0 Å². The maximum atomic E-state index is 11.7. The van der Waals surface area contributed by atoms with Crippen LogP contribution in [-0.4, -0.2) is 17.7 Å². The second kappa shape index (κ2) is 5.34. The fourth-order valence-corrected chi connectivity index (χ4v) is 2.47. The van der Waals surface area contributed by atoms with Crippen LogP contribution >= 0.6 is 0 Å². The molecule has 1 aromatic carbocycles. The maximum Gasteiger partial charge on any atom is 0.289 e. The van der Waals surface area contributed by atoms with E-state index in [-0.39, 0.29) is 23.5 Å². The highest BCUT2D eigenvalue weighted by molar-refractivity contribution is 5.97. The van der Waals surface area contributed by atoms with Crippen LogP contribution in [0.25, 0.3) is 6.08 Å². The van der Waals surface area contributed by atoms with Gasteiger partial charge in [-0.2, -0.15) is 0 Å². The minimum atomic E-state index is -0.206. The summed E-state index contributed by atoms with van der Waals surface area (Å²) in [5.74, 6) is 0.437. The van der Waals surface area contributed by atoms with Crippen LogP contribution in [0.15, 0.2) is 17.9 Å². The molecule has 1 heterocycles. The third-order valence-corrected chi connectivity index (χ3v) is 3.73. The fraction of sp³-hybridized carbons (Fsp3) is 0.500. The van der Waals surface area contributed by atoms with Gasteiger partial charge in [-0.25, -0.2) is 0 Å². The molecule has 4 nitrogen and oxygen atoms in total. The van der Waals surface area contributed by atoms with E-state index in [2.05, 4.69) is 46.9 Å². The molecule has 1 fully saturated rings. The first kappa shape index (κ1) is 16.4. The number of benzene rings is 1. The molecule has 1 saturated heterocycles. The molecule has 1 amide bonds. The van der Waals surface area contributed by atoms with Gasteiger partial charge in [0.2, 0.25) is 0 Å². The van der Waals surface area contributed by atoms with Gasteiger partial charge in [-0.1, -0.05) is 41.5 Å². The molecule has 0 aromatic heterocycles. The van der Waals surface area contributed by atoms with Gasteiger partial charge in [-0.05, 0) is 34.6 Å². The zero-order valence-corrected chi connectivity index (χ0v) is 14.2. The summed E-state index contributed by atoms with van der Waals surface area (Å²) < 4.78 is 5.29. The molecule has 1 aliphatic heterocycles. The summed E-state index contributed by atoms with van der Waals surface area (Å²) in [7, 11) is 0. The number of hydrogen-bond donors (Lipinski definition) is 2. The summed E-state index contributed by atoms with van der Waals surface area (Å²) in [6, 6.07) is 3.85. The minimum absolute atomic E-state index is 0.197. The molecule has 0 unspecified atom stereocenters. The smallest absolute Gasteiger partial charge is 0.289 e. The SMILES string of the molecule is CC(C)(C)c1cc(C=C2OCNC2=O)cc(C(C)(C)C)c1O. The summed E-state index contributed by atoms with van der Waals surface area (Å²) >= 11 is 0. The van der Waals surface area contributed by atoms with Crippen molar-refractivity contribution in [1.29, 1.82) is 0 Å². The van der Waals surface area contributed by atoms with Gasteiger partial charge in [-0.3, -0.25) is 4.79 Å². The van der Waals surface area contributed by atoms with E-state index in [0.29, 0.717) is 11.5 Å². The van der Waals surface area contributed by atoms with E-state index in [1.807, 2.05) is 12.1 Å². The lowest BCUT2D eigenvalue weighted by atomic mass is 9.78. The van der Waals surface area contributed by atoms with E-state index in [1.165, 1.54) is 0 Å². The van der Waals surface area contributed by atoms with Gasteiger partial charge in [0.15, 0.2) is 12.5 Å². The molecule has 22 heavy (non-hydrogen) atoms. The number of ether oxygens (including phenoxy) is 1. The molecule has 120 valence electrons. The Morgan fingerprint density at radius 3 is 1.95 bits per heavy atom. The molecular formula is C18H25NO3. The van der Waals surface area contributed by atoms with E-state index in [0.717, 1.165) is 16.7 Å². The molecule has 1 aliphatic rings. The molecule has 4 heteroatoms. The Morgan fingerprint density at radius 1 is 1.09 bits per heavy atom. The third-order valence-electron chi connectivity index (χ3n) is 3.73. The van der Waals surface area contributed by atoms with Crippen LogP contribution in [0.3, 0.4) is 0 Å². The van der Waals surface area contributed by atoms with E-state index in [9.17, 15) is 9.90 Å². The first-order valence-electron chi connectivity index (χ1n) is 7.51. The van der Waals surface area contributed by atoms with Crippen molar-refractivity contribution in [1.82, 2.24) is 5.32 Å². The second-order valence-electron chi connectivity index (χ2n) is 7.77. The van der Waals surface area contributed by atoms with Gasteiger partial charge in [0.1, 0.15) is 5.75 Å². The van der Waals surface area contributed by atoms with Crippen molar-refractivity contribution in [3.63, 3.8) is 0 Å². The van der Waals surface area contributed by atoms with Crippen LogP contribution in [0.4, 0.5) is 0 Å². The average Bonchev–Trinajstić information content (AvgIpc) is 2.74. The molecule has 0 spiro atoms. The minimum Gasteiger partial charge on any atom is -0.507 e. The van der Waals surface area contributed by atoms with Crippen molar-refractivity contribution in [2.75, 3.05) is 6.73 Å². The van der Waals surface area contributed by atoms with Gasteiger partial charge < -0.3 is 15.2 Å². The normalized spacial score (nSPS) is 17.5. The molecular weight excluding hydrogens is 278 g/mol. The number of phenols is 1. The molecule has 2 N–H and O–H groups in total. The van der Waals surface area contributed by atoms with Gasteiger partial charge in [0, 0.05) is 11.1 Å². The molecule has 0 bridgehead atoms. The Hall–Kier alpha value is -1.97. The maximum absolute atomic E-state index is 11.7. The summed E-state index contributed by atoms with van der Waals surface area (Å²) in [6.45, 7) is 12.6. The van der Waals surface area contributed by atoms with E-state index in [4.69, 9.17) is 4.74 Å². The number of amides is 1. The Labute approximate surface area is 132 Å². The number of rotatable bonds is 1. The quantitative estimate of drug-likeness (QED) is 0.781. The lowest BCUT2D eigenvalue weighted by molar-refractivity contribution is -0.116. The number of nitrogens with one attached hydrogen (secondary N) is 1. The predicted octanol–water partition coefficient (Wildman–Crippen LogP) is 3.43. The third kappa shape index (κ3) is 3.26. The monoisotopic (exact) mass is 303 g/mol. The van der Waals surface area contributed by atoms with Crippen molar-refractivity contribution < 1.29 is 14.6 Å². The summed E-state index contributed by atoms with van der Waals surface area (Å²) in [5.41, 5.74) is 2.20. The van der Waals surface area contributed by atoms with Crippen LogP contribution in [-0.2, 0) is 20.4 Å². The first-order chi connectivity index (χ1) is 10.00. The van der Waals surface area contributed by atoms with Crippen molar-refractivity contribution in [3.05, 3.63) is 34.6 Å². The Balaban J connectivity index is 2.63. The fourth-order valence-electron chi connectivity index (χ4n) is 2.47. The Kier molecular flexibility index (Phi) is 3.98. The van der Waals surface area contributed by atoms with E-state index in [1.54, 1.807) is 6.08 Å². The molecule has 0 aliphatic carbocycles. The van der Waals surface area contributed by atoms with Crippen LogP contribution in [0.5, 0.6) is 5.75 Å². The number of hydrogen-bond acceptors (Lipinski definition) is 3. The predicted molar refractivity (Wildman–Crippen MR) is 87.6 cm³/mol. The Morgan fingerprint density at radius 2 is 1.59 bits per heavy atom. The summed E-state index contributed by atoms with van der Waals surface area (Å²) in [4.78, 5) is 11.7.